The standard InChI is InChI=1S/C14H18FN3O2/c1-3-4-14-17-13(18-20-14)8-19-12-7-10(15)5-6-11(12)9(2)16/h5-7,9H,3-4,8,16H2,1-2H3. The third-order valence-electron chi connectivity index (χ3n) is 2.80. The number of nitrogens with two attached hydrogens (primary N) is 1. The van der Waals surface area contributed by atoms with Gasteiger partial charge in [-0.25, -0.2) is 4.39 Å². The molecule has 0 radical (unpaired) electrons. The Labute approximate surface area is 116 Å². The van der Waals surface area contributed by atoms with Crippen molar-refractivity contribution in [3.8, 4) is 5.75 Å². The molecule has 108 valence electrons. The van der Waals surface area contributed by atoms with Crippen molar-refractivity contribution in [1.82, 2.24) is 10.1 Å². The molecular formula is C14H18FN3O2. The zero-order chi connectivity index (χ0) is 14.5. The second kappa shape index (κ2) is 6.47. The first-order valence-electron chi connectivity index (χ1n) is 6.59. The number of benzene rings is 1. The van der Waals surface area contributed by atoms with Gasteiger partial charge in [0, 0.05) is 24.1 Å². The molecule has 0 aliphatic carbocycles. The van der Waals surface area contributed by atoms with Crippen LogP contribution < -0.4 is 10.5 Å². The van der Waals surface area contributed by atoms with Crippen molar-refractivity contribution >= 4 is 0 Å². The highest BCUT2D eigenvalue weighted by atomic mass is 19.1. The molecule has 0 saturated carbocycles. The summed E-state index contributed by atoms with van der Waals surface area (Å²) in [5, 5.41) is 3.81. The summed E-state index contributed by atoms with van der Waals surface area (Å²) < 4.78 is 23.9. The predicted molar refractivity (Wildman–Crippen MR) is 71.6 cm³/mol. The number of ether oxygens (including phenoxy) is 1. The number of halogens is 1. The number of nitrogens with zero attached hydrogens (tertiary/aromatic N) is 2. The van der Waals surface area contributed by atoms with E-state index in [4.69, 9.17) is 15.0 Å². The van der Waals surface area contributed by atoms with Gasteiger partial charge < -0.3 is 15.0 Å². The van der Waals surface area contributed by atoms with Crippen LogP contribution >= 0.6 is 0 Å². The Morgan fingerprint density at radius 1 is 1.45 bits per heavy atom. The molecular weight excluding hydrogens is 261 g/mol. The van der Waals surface area contributed by atoms with Gasteiger partial charge in [-0.15, -0.1) is 0 Å². The fourth-order valence-electron chi connectivity index (χ4n) is 1.82. The van der Waals surface area contributed by atoms with Crippen LogP contribution in [0.2, 0.25) is 0 Å². The van der Waals surface area contributed by atoms with E-state index >= 15 is 0 Å². The van der Waals surface area contributed by atoms with Crippen molar-refractivity contribution in [2.75, 3.05) is 0 Å². The van der Waals surface area contributed by atoms with Crippen LogP contribution in [0, 0.1) is 5.82 Å². The first kappa shape index (κ1) is 14.5. The highest BCUT2D eigenvalue weighted by Gasteiger charge is 2.11. The highest BCUT2D eigenvalue weighted by molar-refractivity contribution is 5.36. The molecule has 1 aromatic heterocycles. The minimum Gasteiger partial charge on any atom is -0.485 e. The number of hydrogen-bond acceptors (Lipinski definition) is 5. The van der Waals surface area contributed by atoms with E-state index in [-0.39, 0.29) is 18.5 Å². The molecule has 20 heavy (non-hydrogen) atoms. The maximum Gasteiger partial charge on any atom is 0.226 e. The summed E-state index contributed by atoms with van der Waals surface area (Å²) in [5.41, 5.74) is 6.56. The van der Waals surface area contributed by atoms with E-state index < -0.39 is 0 Å². The van der Waals surface area contributed by atoms with Crippen LogP contribution in [0.1, 0.15) is 43.6 Å². The smallest absolute Gasteiger partial charge is 0.226 e. The van der Waals surface area contributed by atoms with E-state index in [1.807, 2.05) is 13.8 Å². The van der Waals surface area contributed by atoms with Gasteiger partial charge in [-0.05, 0) is 19.4 Å². The monoisotopic (exact) mass is 279 g/mol. The third-order valence-corrected chi connectivity index (χ3v) is 2.80. The molecule has 0 saturated heterocycles. The van der Waals surface area contributed by atoms with Crippen molar-refractivity contribution in [3.05, 3.63) is 41.3 Å². The van der Waals surface area contributed by atoms with Crippen molar-refractivity contribution in [1.29, 1.82) is 0 Å². The molecule has 2 aromatic rings. The zero-order valence-electron chi connectivity index (χ0n) is 11.6. The summed E-state index contributed by atoms with van der Waals surface area (Å²) in [4.78, 5) is 4.18. The van der Waals surface area contributed by atoms with E-state index in [0.717, 1.165) is 18.4 Å². The number of aromatic nitrogens is 2. The fourth-order valence-corrected chi connectivity index (χ4v) is 1.82. The van der Waals surface area contributed by atoms with Gasteiger partial charge in [0.2, 0.25) is 11.7 Å². The molecule has 0 fully saturated rings. The summed E-state index contributed by atoms with van der Waals surface area (Å²) in [6.45, 7) is 3.96. The third kappa shape index (κ3) is 3.54. The average molecular weight is 279 g/mol. The molecule has 1 aromatic carbocycles. The predicted octanol–water partition coefficient (Wildman–Crippen LogP) is 2.76. The molecule has 1 unspecified atom stereocenters. The molecule has 0 spiro atoms. The summed E-state index contributed by atoms with van der Waals surface area (Å²) in [5.74, 6) is 1.05. The first-order valence-corrected chi connectivity index (χ1v) is 6.59. The molecule has 2 rings (SSSR count). The van der Waals surface area contributed by atoms with E-state index in [1.165, 1.54) is 12.1 Å². The van der Waals surface area contributed by atoms with E-state index in [1.54, 1.807) is 6.07 Å². The van der Waals surface area contributed by atoms with Gasteiger partial charge in [-0.2, -0.15) is 4.98 Å². The molecule has 0 bridgehead atoms. The molecule has 2 N–H and O–H groups in total. The highest BCUT2D eigenvalue weighted by Crippen LogP contribution is 2.25. The summed E-state index contributed by atoms with van der Waals surface area (Å²) in [7, 11) is 0. The largest absolute Gasteiger partial charge is 0.485 e. The Hall–Kier alpha value is -1.95. The van der Waals surface area contributed by atoms with E-state index in [2.05, 4.69) is 10.1 Å². The molecule has 1 heterocycles. The van der Waals surface area contributed by atoms with Crippen LogP contribution in [-0.2, 0) is 13.0 Å². The molecule has 6 heteroatoms. The molecule has 0 aliphatic rings. The maximum absolute atomic E-state index is 13.3. The second-order valence-electron chi connectivity index (χ2n) is 4.61. The van der Waals surface area contributed by atoms with Crippen molar-refractivity contribution in [2.24, 2.45) is 5.73 Å². The summed E-state index contributed by atoms with van der Waals surface area (Å²) in [6.07, 6.45) is 1.67. The maximum atomic E-state index is 13.3. The molecule has 0 amide bonds. The van der Waals surface area contributed by atoms with Gasteiger partial charge in [0.25, 0.3) is 0 Å². The Kier molecular flexibility index (Phi) is 4.68. The van der Waals surface area contributed by atoms with E-state index in [0.29, 0.717) is 17.5 Å². The van der Waals surface area contributed by atoms with Gasteiger partial charge in [0.05, 0.1) is 0 Å². The van der Waals surface area contributed by atoms with Gasteiger partial charge in [-0.3, -0.25) is 0 Å². The van der Waals surface area contributed by atoms with E-state index in [9.17, 15) is 4.39 Å². The molecule has 1 atom stereocenters. The minimum absolute atomic E-state index is 0.121. The second-order valence-corrected chi connectivity index (χ2v) is 4.61. The fraction of sp³-hybridized carbons (Fsp3) is 0.429. The number of rotatable bonds is 6. The molecule has 5 nitrogen and oxygen atoms in total. The van der Waals surface area contributed by atoms with Crippen molar-refractivity contribution in [3.63, 3.8) is 0 Å². The lowest BCUT2D eigenvalue weighted by Crippen LogP contribution is -2.09. The lowest BCUT2D eigenvalue weighted by molar-refractivity contribution is 0.280. The summed E-state index contributed by atoms with van der Waals surface area (Å²) in [6, 6.07) is 4.05. The summed E-state index contributed by atoms with van der Waals surface area (Å²) >= 11 is 0. The number of aryl methyl sites for hydroxylation is 1. The van der Waals surface area contributed by atoms with Crippen LogP contribution in [0.4, 0.5) is 4.39 Å². The Morgan fingerprint density at radius 3 is 2.95 bits per heavy atom. The Balaban J connectivity index is 2.07. The van der Waals surface area contributed by atoms with Crippen molar-refractivity contribution in [2.45, 2.75) is 39.3 Å². The van der Waals surface area contributed by atoms with Gasteiger partial charge in [0.15, 0.2) is 6.61 Å². The van der Waals surface area contributed by atoms with Crippen LogP contribution in [0.25, 0.3) is 0 Å². The van der Waals surface area contributed by atoms with Crippen molar-refractivity contribution < 1.29 is 13.7 Å². The lowest BCUT2D eigenvalue weighted by atomic mass is 10.1. The molecule has 0 aliphatic heterocycles. The quantitative estimate of drug-likeness (QED) is 0.880. The number of hydrogen-bond donors (Lipinski definition) is 1. The Morgan fingerprint density at radius 2 is 2.25 bits per heavy atom. The van der Waals surface area contributed by atoms with Crippen LogP contribution in [0.15, 0.2) is 22.7 Å². The SMILES string of the molecule is CCCc1nc(COc2cc(F)ccc2C(C)N)no1. The van der Waals surface area contributed by atoms with Crippen LogP contribution in [-0.4, -0.2) is 10.1 Å². The first-order chi connectivity index (χ1) is 9.60. The van der Waals surface area contributed by atoms with Gasteiger partial charge in [0.1, 0.15) is 11.6 Å². The normalized spacial score (nSPS) is 12.4. The van der Waals surface area contributed by atoms with Crippen LogP contribution in [0.3, 0.4) is 0 Å². The lowest BCUT2D eigenvalue weighted by Gasteiger charge is -2.12. The zero-order valence-corrected chi connectivity index (χ0v) is 11.6. The van der Waals surface area contributed by atoms with Gasteiger partial charge in [-0.1, -0.05) is 18.1 Å². The van der Waals surface area contributed by atoms with Crippen LogP contribution in [0.5, 0.6) is 5.75 Å². The Bertz CT molecular complexity index is 569. The minimum atomic E-state index is -0.371. The average Bonchev–Trinajstić information content (AvgIpc) is 2.84. The topological polar surface area (TPSA) is 74.2 Å². The van der Waals surface area contributed by atoms with Gasteiger partial charge >= 0.3 is 0 Å².